The minimum absolute atomic E-state index is 0.0475. The van der Waals surface area contributed by atoms with Crippen molar-refractivity contribution in [2.24, 2.45) is 0 Å². The van der Waals surface area contributed by atoms with Gasteiger partial charge in [0.25, 0.3) is 0 Å². The molecule has 0 radical (unpaired) electrons. The molecule has 2 atom stereocenters. The summed E-state index contributed by atoms with van der Waals surface area (Å²) in [6.45, 7) is 0. The van der Waals surface area contributed by atoms with Crippen molar-refractivity contribution in [1.29, 1.82) is 0 Å². The van der Waals surface area contributed by atoms with E-state index in [-0.39, 0.29) is 12.5 Å². The highest BCUT2D eigenvalue weighted by Crippen LogP contribution is 2.13. The Bertz CT molecular complexity index is 329. The van der Waals surface area contributed by atoms with Gasteiger partial charge in [-0.05, 0) is 24.1 Å². The first-order valence-corrected chi connectivity index (χ1v) is 5.91. The maximum Gasteiger partial charge on any atom is 0.304 e. The number of hydrogen-bond donors (Lipinski definition) is 2. The third-order valence-corrected chi connectivity index (χ3v) is 3.05. The van der Waals surface area contributed by atoms with Crippen LogP contribution in [0.2, 0.25) is 0 Å². The lowest BCUT2D eigenvalue weighted by atomic mass is 10.0. The van der Waals surface area contributed by atoms with Crippen molar-refractivity contribution in [3.8, 4) is 0 Å². The number of halogens is 1. The quantitative estimate of drug-likeness (QED) is 0.817. The van der Waals surface area contributed by atoms with Crippen LogP contribution >= 0.6 is 25.3 Å². The third kappa shape index (κ3) is 4.74. The van der Waals surface area contributed by atoms with E-state index in [1.54, 1.807) is 0 Å². The predicted octanol–water partition coefficient (Wildman–Crippen LogP) is 2.21. The summed E-state index contributed by atoms with van der Waals surface area (Å²) in [5.74, 6) is -0.785. The average Bonchev–Trinajstić information content (AvgIpc) is 2.19. The summed E-state index contributed by atoms with van der Waals surface area (Å²) >= 11 is 3.36. The van der Waals surface area contributed by atoms with Gasteiger partial charge < -0.3 is 5.11 Å². The number of nitrogens with one attached hydrogen (secondary N) is 1. The van der Waals surface area contributed by atoms with Crippen molar-refractivity contribution in [3.63, 3.8) is 0 Å². The molecule has 3 nitrogen and oxygen atoms in total. The van der Waals surface area contributed by atoms with Crippen LogP contribution < -0.4 is 5.09 Å². The molecule has 5 heteroatoms. The number of carboxylic acid groups (broad SMARTS) is 1. The monoisotopic (exact) mass is 289 g/mol. The Balaban J connectivity index is 2.58. The summed E-state index contributed by atoms with van der Waals surface area (Å²) in [6.07, 6.45) is 0.836. The van der Waals surface area contributed by atoms with E-state index in [9.17, 15) is 4.79 Å². The highest BCUT2D eigenvalue weighted by Gasteiger charge is 2.11. The molecule has 0 aliphatic carbocycles. The van der Waals surface area contributed by atoms with Gasteiger partial charge in [0.05, 0.1) is 6.42 Å². The Hall–Kier alpha value is -0.440. The lowest BCUT2D eigenvalue weighted by Crippen LogP contribution is -2.26. The van der Waals surface area contributed by atoms with Gasteiger partial charge in [-0.25, -0.2) is 0 Å². The molecule has 0 spiro atoms. The molecule has 0 heterocycles. The first kappa shape index (κ1) is 12.6. The second-order valence-electron chi connectivity index (χ2n) is 3.29. The minimum Gasteiger partial charge on any atom is -0.481 e. The molecular formula is C10H13BrNO2P. The summed E-state index contributed by atoms with van der Waals surface area (Å²) < 4.78 is 1.03. The van der Waals surface area contributed by atoms with Gasteiger partial charge in [0.1, 0.15) is 0 Å². The van der Waals surface area contributed by atoms with E-state index >= 15 is 0 Å². The van der Waals surface area contributed by atoms with E-state index in [2.05, 4.69) is 30.4 Å². The smallest absolute Gasteiger partial charge is 0.304 e. The van der Waals surface area contributed by atoms with Gasteiger partial charge in [-0.3, -0.25) is 9.88 Å². The van der Waals surface area contributed by atoms with Crippen LogP contribution in [0, 0.1) is 0 Å². The summed E-state index contributed by atoms with van der Waals surface area (Å²) in [7, 11) is 2.37. The Kier molecular flexibility index (Phi) is 5.23. The molecule has 0 bridgehead atoms. The summed E-state index contributed by atoms with van der Waals surface area (Å²) in [4.78, 5) is 10.6. The maximum absolute atomic E-state index is 10.6. The van der Waals surface area contributed by atoms with Gasteiger partial charge >= 0.3 is 5.97 Å². The fourth-order valence-corrected chi connectivity index (χ4v) is 1.81. The molecule has 82 valence electrons. The zero-order valence-corrected chi connectivity index (χ0v) is 10.9. The second kappa shape index (κ2) is 6.21. The largest absolute Gasteiger partial charge is 0.481 e. The molecule has 2 N–H and O–H groups in total. The van der Waals surface area contributed by atoms with E-state index in [0.717, 1.165) is 10.0 Å². The lowest BCUT2D eigenvalue weighted by Gasteiger charge is -2.13. The molecule has 1 rings (SSSR count). The normalized spacial score (nSPS) is 12.4. The van der Waals surface area contributed by atoms with Gasteiger partial charge in [-0.2, -0.15) is 0 Å². The summed E-state index contributed by atoms with van der Waals surface area (Å²) in [6, 6.07) is 7.84. The van der Waals surface area contributed by atoms with Crippen LogP contribution in [0.4, 0.5) is 0 Å². The highest BCUT2D eigenvalue weighted by molar-refractivity contribution is 9.10. The molecular weight excluding hydrogens is 277 g/mol. The van der Waals surface area contributed by atoms with Crippen molar-refractivity contribution in [3.05, 3.63) is 34.3 Å². The van der Waals surface area contributed by atoms with Crippen LogP contribution in [0.1, 0.15) is 12.0 Å². The number of benzene rings is 1. The fourth-order valence-electron chi connectivity index (χ4n) is 1.31. The molecule has 0 amide bonds. The van der Waals surface area contributed by atoms with Gasteiger partial charge in [0.2, 0.25) is 0 Å². The fraction of sp³-hybridized carbons (Fsp3) is 0.300. The van der Waals surface area contributed by atoms with Crippen LogP contribution in [0.25, 0.3) is 0 Å². The van der Waals surface area contributed by atoms with Crippen LogP contribution in [-0.2, 0) is 11.2 Å². The maximum atomic E-state index is 10.6. The van der Waals surface area contributed by atoms with Crippen LogP contribution in [0.3, 0.4) is 0 Å². The van der Waals surface area contributed by atoms with Crippen molar-refractivity contribution in [1.82, 2.24) is 5.09 Å². The zero-order valence-electron chi connectivity index (χ0n) is 8.11. The molecule has 0 fully saturated rings. The van der Waals surface area contributed by atoms with E-state index in [0.29, 0.717) is 6.42 Å². The molecule has 15 heavy (non-hydrogen) atoms. The molecule has 2 unspecified atom stereocenters. The molecule has 0 aliphatic rings. The number of carbonyl (C=O) groups is 1. The Morgan fingerprint density at radius 2 is 2.07 bits per heavy atom. The molecule has 1 aromatic rings. The molecule has 1 aromatic carbocycles. The number of rotatable bonds is 5. The van der Waals surface area contributed by atoms with E-state index < -0.39 is 5.97 Å². The summed E-state index contributed by atoms with van der Waals surface area (Å²) in [5, 5.41) is 11.6. The number of aliphatic carboxylic acids is 1. The van der Waals surface area contributed by atoms with Crippen molar-refractivity contribution >= 4 is 31.3 Å². The van der Waals surface area contributed by atoms with Crippen LogP contribution in [0.5, 0.6) is 0 Å². The highest BCUT2D eigenvalue weighted by atomic mass is 79.9. The Morgan fingerprint density at radius 3 is 2.53 bits per heavy atom. The minimum atomic E-state index is -0.785. The standard InChI is InChI=1S/C10H13BrNO2P/c11-8-3-1-7(2-4-8)5-9(12-15)6-10(13)14/h1-4,9,12H,5-6,15H2,(H,13,14). The first-order valence-electron chi connectivity index (χ1n) is 4.54. The van der Waals surface area contributed by atoms with E-state index in [1.165, 1.54) is 0 Å². The lowest BCUT2D eigenvalue weighted by molar-refractivity contribution is -0.137. The average molecular weight is 290 g/mol. The van der Waals surface area contributed by atoms with Crippen LogP contribution in [0.15, 0.2) is 28.7 Å². The molecule has 0 saturated carbocycles. The van der Waals surface area contributed by atoms with Gasteiger partial charge in [-0.15, -0.1) is 0 Å². The predicted molar refractivity (Wildman–Crippen MR) is 66.7 cm³/mol. The number of hydrogen-bond acceptors (Lipinski definition) is 2. The van der Waals surface area contributed by atoms with Crippen molar-refractivity contribution in [2.45, 2.75) is 18.9 Å². The van der Waals surface area contributed by atoms with Crippen LogP contribution in [-0.4, -0.2) is 17.1 Å². The molecule has 0 aromatic heterocycles. The number of carboxylic acids is 1. The van der Waals surface area contributed by atoms with E-state index in [1.807, 2.05) is 24.3 Å². The zero-order chi connectivity index (χ0) is 11.3. The SMILES string of the molecule is O=C(O)CC(Cc1ccc(Br)cc1)NP. The Labute approximate surface area is 99.7 Å². The molecule has 0 aliphatic heterocycles. The topological polar surface area (TPSA) is 49.3 Å². The third-order valence-electron chi connectivity index (χ3n) is 2.05. The van der Waals surface area contributed by atoms with Gasteiger partial charge in [0.15, 0.2) is 0 Å². The summed E-state index contributed by atoms with van der Waals surface area (Å²) in [5.41, 5.74) is 1.12. The second-order valence-corrected chi connectivity index (χ2v) is 4.54. The van der Waals surface area contributed by atoms with Crippen molar-refractivity contribution < 1.29 is 9.90 Å². The van der Waals surface area contributed by atoms with Gasteiger partial charge in [-0.1, -0.05) is 37.5 Å². The van der Waals surface area contributed by atoms with E-state index in [4.69, 9.17) is 5.11 Å². The Morgan fingerprint density at radius 1 is 1.47 bits per heavy atom. The first-order chi connectivity index (χ1) is 7.11. The van der Waals surface area contributed by atoms with Gasteiger partial charge in [0, 0.05) is 10.5 Å². The van der Waals surface area contributed by atoms with Crippen molar-refractivity contribution in [2.75, 3.05) is 0 Å². The molecule has 0 saturated heterocycles.